The van der Waals surface area contributed by atoms with Gasteiger partial charge in [0.05, 0.1) is 11.0 Å². The highest BCUT2D eigenvalue weighted by Crippen LogP contribution is 2.25. The van der Waals surface area contributed by atoms with Crippen LogP contribution in [0, 0.1) is 0 Å². The second kappa shape index (κ2) is 6.02. The lowest BCUT2D eigenvalue weighted by atomic mass is 10.3. The Balaban J connectivity index is 1.81. The van der Waals surface area contributed by atoms with Crippen molar-refractivity contribution in [2.75, 3.05) is 31.9 Å². The molecule has 2 rings (SSSR count). The van der Waals surface area contributed by atoms with E-state index in [0.29, 0.717) is 13.1 Å². The van der Waals surface area contributed by atoms with Gasteiger partial charge in [0.1, 0.15) is 0 Å². The lowest BCUT2D eigenvalue weighted by Gasteiger charge is -2.27. The van der Waals surface area contributed by atoms with Crippen LogP contribution in [0.1, 0.15) is 32.1 Å². The summed E-state index contributed by atoms with van der Waals surface area (Å²) in [5.74, 6) is 0.0125. The molecule has 2 aliphatic rings. The maximum Gasteiger partial charge on any atom is 0.223 e. The first kappa shape index (κ1) is 13.8. The number of amides is 1. The number of carbonyl (C=O) groups excluding carboxylic acids is 1. The maximum atomic E-state index is 12.0. The van der Waals surface area contributed by atoms with Crippen molar-refractivity contribution in [3.63, 3.8) is 0 Å². The summed E-state index contributed by atoms with van der Waals surface area (Å²) < 4.78 is 24.1. The summed E-state index contributed by atoms with van der Waals surface area (Å²) in [7, 11) is -3.06. The molecule has 1 saturated heterocycles. The quantitative estimate of drug-likeness (QED) is 0.793. The maximum absolute atomic E-state index is 12.0. The minimum Gasteiger partial charge on any atom is -0.340 e. The van der Waals surface area contributed by atoms with Crippen LogP contribution >= 0.6 is 0 Å². The van der Waals surface area contributed by atoms with Gasteiger partial charge in [-0.1, -0.05) is 12.8 Å². The second-order valence-corrected chi connectivity index (χ2v) is 7.55. The minimum absolute atomic E-state index is 0.0157. The molecule has 0 radical (unpaired) electrons. The highest BCUT2D eigenvalue weighted by Gasteiger charge is 2.29. The van der Waals surface area contributed by atoms with E-state index in [4.69, 9.17) is 0 Å². The van der Waals surface area contributed by atoms with E-state index in [1.807, 2.05) is 0 Å². The van der Waals surface area contributed by atoms with E-state index in [0.717, 1.165) is 38.8 Å². The molecule has 1 aliphatic heterocycles. The molecule has 104 valence electrons. The van der Waals surface area contributed by atoms with Crippen LogP contribution in [0.3, 0.4) is 0 Å². The van der Waals surface area contributed by atoms with Crippen molar-refractivity contribution < 1.29 is 13.2 Å². The summed E-state index contributed by atoms with van der Waals surface area (Å²) in [5.41, 5.74) is 0. The number of hydrogen-bond donors (Lipinski definition) is 1. The summed E-state index contributed by atoms with van der Waals surface area (Å²) in [5, 5.41) is 2.99. The summed E-state index contributed by atoms with van der Waals surface area (Å²) in [6, 6.07) is 0. The Morgan fingerprint density at radius 3 is 2.39 bits per heavy atom. The Kier molecular flexibility index (Phi) is 4.61. The van der Waals surface area contributed by atoms with Crippen molar-refractivity contribution in [3.05, 3.63) is 0 Å². The van der Waals surface area contributed by atoms with Gasteiger partial charge in [0.25, 0.3) is 0 Å². The fourth-order valence-electron chi connectivity index (χ4n) is 2.72. The Morgan fingerprint density at radius 1 is 1.17 bits per heavy atom. The number of nitrogens with one attached hydrogen (secondary N) is 1. The highest BCUT2D eigenvalue weighted by atomic mass is 32.2. The molecule has 0 aromatic carbocycles. The van der Waals surface area contributed by atoms with Gasteiger partial charge in [0.2, 0.25) is 5.91 Å². The minimum atomic E-state index is -3.06. The van der Waals surface area contributed by atoms with Crippen LogP contribution in [0.5, 0.6) is 0 Å². The molecule has 0 spiro atoms. The molecule has 0 unspecified atom stereocenters. The van der Waals surface area contributed by atoms with Gasteiger partial charge in [-0.2, -0.15) is 0 Å². The SMILES string of the molecule is O=C(CCS(=O)(=O)C1CCCC1)N1CCNCC1. The first-order valence-corrected chi connectivity index (χ1v) is 8.51. The lowest BCUT2D eigenvalue weighted by Crippen LogP contribution is -2.46. The predicted octanol–water partition coefficient (Wildman–Crippen LogP) is 0.166. The van der Waals surface area contributed by atoms with Crippen LogP contribution in [0.25, 0.3) is 0 Å². The normalized spacial score (nSPS) is 22.3. The van der Waals surface area contributed by atoms with Crippen LogP contribution in [0.4, 0.5) is 0 Å². The molecule has 1 saturated carbocycles. The number of sulfone groups is 1. The largest absolute Gasteiger partial charge is 0.340 e. The number of hydrogen-bond acceptors (Lipinski definition) is 4. The highest BCUT2D eigenvalue weighted by molar-refractivity contribution is 7.92. The molecule has 2 fully saturated rings. The first-order valence-electron chi connectivity index (χ1n) is 6.80. The third-order valence-electron chi connectivity index (χ3n) is 3.88. The third-order valence-corrected chi connectivity index (χ3v) is 6.14. The molecular weight excluding hydrogens is 252 g/mol. The van der Waals surface area contributed by atoms with Gasteiger partial charge in [-0.15, -0.1) is 0 Å². The fraction of sp³-hybridized carbons (Fsp3) is 0.917. The van der Waals surface area contributed by atoms with E-state index in [2.05, 4.69) is 5.32 Å². The fourth-order valence-corrected chi connectivity index (χ4v) is 4.56. The summed E-state index contributed by atoms with van der Waals surface area (Å²) >= 11 is 0. The van der Waals surface area contributed by atoms with E-state index in [-0.39, 0.29) is 23.3 Å². The van der Waals surface area contributed by atoms with E-state index in [1.165, 1.54) is 0 Å². The number of carbonyl (C=O) groups is 1. The lowest BCUT2D eigenvalue weighted by molar-refractivity contribution is -0.131. The van der Waals surface area contributed by atoms with Crippen molar-refractivity contribution in [3.8, 4) is 0 Å². The zero-order chi connectivity index (χ0) is 13.0. The molecule has 0 atom stereocenters. The second-order valence-electron chi connectivity index (χ2n) is 5.15. The van der Waals surface area contributed by atoms with E-state index in [1.54, 1.807) is 4.90 Å². The van der Waals surface area contributed by atoms with Crippen LogP contribution < -0.4 is 5.32 Å². The molecular formula is C12H22N2O3S. The molecule has 5 nitrogen and oxygen atoms in total. The van der Waals surface area contributed by atoms with Gasteiger partial charge in [-0.25, -0.2) is 8.42 Å². The molecule has 1 N–H and O–H groups in total. The van der Waals surface area contributed by atoms with Gasteiger partial charge in [-0.05, 0) is 12.8 Å². The molecule has 18 heavy (non-hydrogen) atoms. The average Bonchev–Trinajstić information content (AvgIpc) is 2.92. The molecule has 0 aromatic rings. The van der Waals surface area contributed by atoms with E-state index >= 15 is 0 Å². The van der Waals surface area contributed by atoms with E-state index in [9.17, 15) is 13.2 Å². The summed E-state index contributed by atoms with van der Waals surface area (Å²) in [6.45, 7) is 3.01. The summed E-state index contributed by atoms with van der Waals surface area (Å²) in [6.07, 6.45) is 3.73. The standard InChI is InChI=1S/C12H22N2O3S/c15-12(14-8-6-13-7-9-14)5-10-18(16,17)11-3-1-2-4-11/h11,13H,1-10H2. The Labute approximate surface area is 109 Å². The van der Waals surface area contributed by atoms with Gasteiger partial charge >= 0.3 is 0 Å². The molecule has 6 heteroatoms. The number of rotatable bonds is 4. The van der Waals surface area contributed by atoms with Crippen molar-refractivity contribution in [1.29, 1.82) is 0 Å². The Morgan fingerprint density at radius 2 is 1.78 bits per heavy atom. The molecule has 0 bridgehead atoms. The zero-order valence-electron chi connectivity index (χ0n) is 10.7. The molecule has 1 aliphatic carbocycles. The van der Waals surface area contributed by atoms with Crippen LogP contribution in [-0.4, -0.2) is 56.4 Å². The number of nitrogens with zero attached hydrogens (tertiary/aromatic N) is 1. The summed E-state index contributed by atoms with van der Waals surface area (Å²) in [4.78, 5) is 13.7. The third kappa shape index (κ3) is 3.45. The van der Waals surface area contributed by atoms with Crippen LogP contribution in [0.2, 0.25) is 0 Å². The van der Waals surface area contributed by atoms with Gasteiger partial charge in [0, 0.05) is 32.6 Å². The van der Waals surface area contributed by atoms with Gasteiger partial charge in [-0.3, -0.25) is 4.79 Å². The number of piperazine rings is 1. The van der Waals surface area contributed by atoms with Crippen molar-refractivity contribution in [2.24, 2.45) is 0 Å². The molecule has 1 heterocycles. The van der Waals surface area contributed by atoms with Crippen LogP contribution in [0.15, 0.2) is 0 Å². The average molecular weight is 274 g/mol. The van der Waals surface area contributed by atoms with Crippen molar-refractivity contribution in [1.82, 2.24) is 10.2 Å². The zero-order valence-corrected chi connectivity index (χ0v) is 11.5. The van der Waals surface area contributed by atoms with Crippen molar-refractivity contribution in [2.45, 2.75) is 37.4 Å². The monoisotopic (exact) mass is 274 g/mol. The predicted molar refractivity (Wildman–Crippen MR) is 70.1 cm³/mol. The topological polar surface area (TPSA) is 66.5 Å². The van der Waals surface area contributed by atoms with E-state index < -0.39 is 9.84 Å². The first-order chi connectivity index (χ1) is 8.59. The Hall–Kier alpha value is -0.620. The molecule has 1 amide bonds. The smallest absolute Gasteiger partial charge is 0.223 e. The molecule has 0 aromatic heterocycles. The Bertz CT molecular complexity index is 382. The van der Waals surface area contributed by atoms with Crippen molar-refractivity contribution >= 4 is 15.7 Å². The van der Waals surface area contributed by atoms with Gasteiger partial charge < -0.3 is 10.2 Å². The van der Waals surface area contributed by atoms with Crippen LogP contribution in [-0.2, 0) is 14.6 Å². The van der Waals surface area contributed by atoms with Gasteiger partial charge in [0.15, 0.2) is 9.84 Å².